The van der Waals surface area contributed by atoms with Crippen molar-refractivity contribution < 1.29 is 5.11 Å². The molecule has 0 aliphatic carbocycles. The molecule has 0 bridgehead atoms. The van der Waals surface area contributed by atoms with E-state index in [4.69, 9.17) is 5.11 Å². The predicted octanol–water partition coefficient (Wildman–Crippen LogP) is 0.591. The Bertz CT molecular complexity index is 149. The van der Waals surface area contributed by atoms with Crippen LogP contribution in [0.3, 0.4) is 0 Å². The highest BCUT2D eigenvalue weighted by Crippen LogP contribution is 2.11. The lowest BCUT2D eigenvalue weighted by Crippen LogP contribution is -1.87. The SMILES string of the molecule is CC(O)c1nncs1. The highest BCUT2D eigenvalue weighted by atomic mass is 32.1. The van der Waals surface area contributed by atoms with Crippen LogP contribution in [0.1, 0.15) is 18.0 Å². The highest BCUT2D eigenvalue weighted by molar-refractivity contribution is 7.09. The lowest BCUT2D eigenvalue weighted by atomic mass is 10.4. The number of aliphatic hydroxyl groups excluding tert-OH is 1. The average molecular weight is 130 g/mol. The zero-order valence-electron chi connectivity index (χ0n) is 4.40. The van der Waals surface area contributed by atoms with Gasteiger partial charge in [0.25, 0.3) is 0 Å². The van der Waals surface area contributed by atoms with Crippen LogP contribution >= 0.6 is 11.3 Å². The fourth-order valence-corrected chi connectivity index (χ4v) is 0.857. The summed E-state index contributed by atoms with van der Waals surface area (Å²) in [6.07, 6.45) is -0.470. The molecule has 0 saturated carbocycles. The van der Waals surface area contributed by atoms with Gasteiger partial charge in [0.15, 0.2) is 0 Å². The first-order chi connectivity index (χ1) is 3.80. The molecule has 0 fully saturated rings. The lowest BCUT2D eigenvalue weighted by molar-refractivity contribution is 0.198. The van der Waals surface area contributed by atoms with E-state index in [2.05, 4.69) is 10.2 Å². The fourth-order valence-electron chi connectivity index (χ4n) is 0.364. The number of rotatable bonds is 1. The largest absolute Gasteiger partial charge is 0.386 e. The first-order valence-corrected chi connectivity index (χ1v) is 3.13. The molecule has 0 radical (unpaired) electrons. The molecule has 0 saturated heterocycles. The lowest BCUT2D eigenvalue weighted by Gasteiger charge is -1.91. The van der Waals surface area contributed by atoms with Gasteiger partial charge in [0.05, 0.1) is 0 Å². The minimum absolute atomic E-state index is 0.470. The van der Waals surface area contributed by atoms with Crippen LogP contribution in [0.4, 0.5) is 0 Å². The van der Waals surface area contributed by atoms with Crippen molar-refractivity contribution in [3.63, 3.8) is 0 Å². The third-order valence-electron chi connectivity index (χ3n) is 0.734. The Kier molecular flexibility index (Phi) is 1.55. The van der Waals surface area contributed by atoms with E-state index in [9.17, 15) is 0 Å². The van der Waals surface area contributed by atoms with Gasteiger partial charge in [-0.05, 0) is 6.92 Å². The Morgan fingerprint density at radius 1 is 1.88 bits per heavy atom. The molecule has 44 valence electrons. The van der Waals surface area contributed by atoms with Crippen LogP contribution in [0.2, 0.25) is 0 Å². The van der Waals surface area contributed by atoms with Crippen LogP contribution in [0, 0.1) is 0 Å². The molecule has 3 nitrogen and oxygen atoms in total. The Morgan fingerprint density at radius 2 is 2.62 bits per heavy atom. The monoisotopic (exact) mass is 130 g/mol. The first kappa shape index (κ1) is 5.65. The number of hydrogen-bond donors (Lipinski definition) is 1. The Hall–Kier alpha value is -0.480. The highest BCUT2D eigenvalue weighted by Gasteiger charge is 2.01. The molecule has 1 rings (SSSR count). The van der Waals surface area contributed by atoms with Crippen LogP contribution in [0.15, 0.2) is 5.51 Å². The second kappa shape index (κ2) is 2.19. The number of aromatic nitrogens is 2. The third kappa shape index (κ3) is 1.02. The van der Waals surface area contributed by atoms with Crippen molar-refractivity contribution in [3.05, 3.63) is 10.5 Å². The van der Waals surface area contributed by atoms with E-state index >= 15 is 0 Å². The van der Waals surface area contributed by atoms with Gasteiger partial charge < -0.3 is 5.11 Å². The van der Waals surface area contributed by atoms with Crippen molar-refractivity contribution >= 4 is 11.3 Å². The van der Waals surface area contributed by atoms with Crippen LogP contribution in [-0.4, -0.2) is 15.3 Å². The summed E-state index contributed by atoms with van der Waals surface area (Å²) >= 11 is 1.36. The van der Waals surface area contributed by atoms with E-state index in [1.54, 1.807) is 12.4 Å². The molecule has 1 N–H and O–H groups in total. The van der Waals surface area contributed by atoms with Gasteiger partial charge >= 0.3 is 0 Å². The van der Waals surface area contributed by atoms with Crippen molar-refractivity contribution in [1.82, 2.24) is 10.2 Å². The smallest absolute Gasteiger partial charge is 0.145 e. The molecule has 1 heterocycles. The zero-order valence-corrected chi connectivity index (χ0v) is 5.22. The standard InChI is InChI=1S/C4H6N2OS/c1-3(7)4-6-5-2-8-4/h2-3,7H,1H3. The molecule has 0 aliphatic rings. The molecular formula is C4H6N2OS. The summed E-state index contributed by atoms with van der Waals surface area (Å²) in [6, 6.07) is 0. The van der Waals surface area contributed by atoms with Crippen LogP contribution in [0.5, 0.6) is 0 Å². The van der Waals surface area contributed by atoms with Crippen molar-refractivity contribution in [3.8, 4) is 0 Å². The number of nitrogens with zero attached hydrogens (tertiary/aromatic N) is 2. The molecule has 1 aromatic heterocycles. The molecule has 0 spiro atoms. The zero-order chi connectivity index (χ0) is 5.98. The van der Waals surface area contributed by atoms with Gasteiger partial charge in [-0.2, -0.15) is 0 Å². The van der Waals surface area contributed by atoms with Gasteiger partial charge in [0, 0.05) is 0 Å². The van der Waals surface area contributed by atoms with Crippen LogP contribution in [-0.2, 0) is 0 Å². The molecule has 8 heavy (non-hydrogen) atoms. The summed E-state index contributed by atoms with van der Waals surface area (Å²) in [7, 11) is 0. The van der Waals surface area contributed by atoms with Crippen LogP contribution < -0.4 is 0 Å². The van der Waals surface area contributed by atoms with Crippen molar-refractivity contribution in [2.45, 2.75) is 13.0 Å². The minimum atomic E-state index is -0.470. The molecule has 1 aromatic rings. The Balaban J connectivity index is 2.77. The maximum atomic E-state index is 8.82. The molecule has 0 aliphatic heterocycles. The van der Waals surface area contributed by atoms with Crippen molar-refractivity contribution in [2.75, 3.05) is 0 Å². The second-order valence-electron chi connectivity index (χ2n) is 1.45. The van der Waals surface area contributed by atoms with Gasteiger partial charge in [0.2, 0.25) is 0 Å². The summed E-state index contributed by atoms with van der Waals surface area (Å²) in [5.74, 6) is 0. The minimum Gasteiger partial charge on any atom is -0.386 e. The molecule has 0 amide bonds. The summed E-state index contributed by atoms with van der Waals surface area (Å²) < 4.78 is 0. The average Bonchev–Trinajstić information content (AvgIpc) is 2.12. The van der Waals surface area contributed by atoms with Crippen LogP contribution in [0.25, 0.3) is 0 Å². The van der Waals surface area contributed by atoms with Gasteiger partial charge in [-0.1, -0.05) is 0 Å². The summed E-state index contributed by atoms with van der Waals surface area (Å²) in [5, 5.41) is 16.7. The van der Waals surface area contributed by atoms with E-state index in [1.165, 1.54) is 11.3 Å². The van der Waals surface area contributed by atoms with Gasteiger partial charge in [0.1, 0.15) is 16.6 Å². The van der Waals surface area contributed by atoms with Gasteiger partial charge in [-0.25, -0.2) is 0 Å². The van der Waals surface area contributed by atoms with E-state index < -0.39 is 6.10 Å². The normalized spacial score (nSPS) is 13.8. The van der Waals surface area contributed by atoms with Gasteiger partial charge in [-0.15, -0.1) is 21.5 Å². The number of aliphatic hydroxyl groups is 1. The predicted molar refractivity (Wildman–Crippen MR) is 30.5 cm³/mol. The van der Waals surface area contributed by atoms with E-state index in [0.717, 1.165) is 0 Å². The summed E-state index contributed by atoms with van der Waals surface area (Å²) in [4.78, 5) is 0. The molecular weight excluding hydrogens is 124 g/mol. The summed E-state index contributed by atoms with van der Waals surface area (Å²) in [5.41, 5.74) is 1.60. The fraction of sp³-hybridized carbons (Fsp3) is 0.500. The molecule has 1 unspecified atom stereocenters. The van der Waals surface area contributed by atoms with Crippen molar-refractivity contribution in [1.29, 1.82) is 0 Å². The second-order valence-corrected chi connectivity index (χ2v) is 2.32. The Labute approximate surface area is 51.0 Å². The van der Waals surface area contributed by atoms with Gasteiger partial charge in [-0.3, -0.25) is 0 Å². The maximum Gasteiger partial charge on any atom is 0.145 e. The molecule has 4 heteroatoms. The number of hydrogen-bond acceptors (Lipinski definition) is 4. The first-order valence-electron chi connectivity index (χ1n) is 2.25. The quantitative estimate of drug-likeness (QED) is 0.605. The maximum absolute atomic E-state index is 8.82. The van der Waals surface area contributed by atoms with Crippen molar-refractivity contribution in [2.24, 2.45) is 0 Å². The Morgan fingerprint density at radius 3 is 2.88 bits per heavy atom. The summed E-state index contributed by atoms with van der Waals surface area (Å²) in [6.45, 7) is 1.67. The molecule has 1 atom stereocenters. The van der Waals surface area contributed by atoms with E-state index in [1.807, 2.05) is 0 Å². The van der Waals surface area contributed by atoms with E-state index in [-0.39, 0.29) is 0 Å². The van der Waals surface area contributed by atoms with E-state index in [0.29, 0.717) is 5.01 Å². The third-order valence-corrected chi connectivity index (χ3v) is 1.60. The topological polar surface area (TPSA) is 46.0 Å². The molecule has 0 aromatic carbocycles.